The van der Waals surface area contributed by atoms with E-state index in [0.29, 0.717) is 17.8 Å². The van der Waals surface area contributed by atoms with Crippen LogP contribution in [0.2, 0.25) is 0 Å². The van der Waals surface area contributed by atoms with Crippen LogP contribution in [0.3, 0.4) is 0 Å². The lowest BCUT2D eigenvalue weighted by Crippen LogP contribution is -2.25. The van der Waals surface area contributed by atoms with Crippen LogP contribution in [0.1, 0.15) is 44.8 Å². The zero-order valence-corrected chi connectivity index (χ0v) is 17.5. The average Bonchev–Trinajstić information content (AvgIpc) is 3.51. The number of nitrogens with one attached hydrogen (secondary N) is 2. The van der Waals surface area contributed by atoms with Crippen molar-refractivity contribution in [1.82, 2.24) is 20.2 Å². The lowest BCUT2D eigenvalue weighted by Gasteiger charge is -2.12. The maximum absolute atomic E-state index is 12.7. The lowest BCUT2D eigenvalue weighted by molar-refractivity contribution is 0.0940. The van der Waals surface area contributed by atoms with E-state index in [9.17, 15) is 9.59 Å². The summed E-state index contributed by atoms with van der Waals surface area (Å²) in [7, 11) is 1.59. The minimum absolute atomic E-state index is 0.112. The van der Waals surface area contributed by atoms with E-state index in [1.165, 1.54) is 6.33 Å². The van der Waals surface area contributed by atoms with Crippen molar-refractivity contribution in [1.29, 1.82) is 0 Å². The van der Waals surface area contributed by atoms with Gasteiger partial charge in [-0.05, 0) is 55.2 Å². The summed E-state index contributed by atoms with van der Waals surface area (Å²) in [5, 5.41) is 5.81. The predicted octanol–water partition coefficient (Wildman–Crippen LogP) is 2.59. The fraction of sp³-hybridized carbons (Fsp3) is 0.261. The molecule has 3 aromatic rings. The summed E-state index contributed by atoms with van der Waals surface area (Å²) in [6.07, 6.45) is 3.54. The number of imidazole rings is 1. The van der Waals surface area contributed by atoms with E-state index in [2.05, 4.69) is 15.6 Å². The van der Waals surface area contributed by atoms with E-state index in [0.717, 1.165) is 29.7 Å². The first-order valence-corrected chi connectivity index (χ1v) is 10.1. The molecule has 1 saturated carbocycles. The highest BCUT2D eigenvalue weighted by molar-refractivity contribution is 5.97. The number of benzene rings is 2. The van der Waals surface area contributed by atoms with Crippen LogP contribution in [0.15, 0.2) is 48.8 Å². The number of rotatable bonds is 7. The highest BCUT2D eigenvalue weighted by atomic mass is 16.5. The first-order chi connectivity index (χ1) is 15.0. The summed E-state index contributed by atoms with van der Waals surface area (Å²) in [4.78, 5) is 29.3. The third-order valence-electron chi connectivity index (χ3n) is 5.25. The molecule has 0 saturated heterocycles. The summed E-state index contributed by atoms with van der Waals surface area (Å²) < 4.78 is 6.83. The molecule has 0 atom stereocenters. The van der Waals surface area contributed by atoms with Crippen molar-refractivity contribution in [3.8, 4) is 11.4 Å². The summed E-state index contributed by atoms with van der Waals surface area (Å²) in [5.74, 6) is 0.445. The molecule has 160 valence electrons. The Labute approximate surface area is 180 Å². The summed E-state index contributed by atoms with van der Waals surface area (Å²) in [5.41, 5.74) is 9.46. The summed E-state index contributed by atoms with van der Waals surface area (Å²) in [6, 6.07) is 13.1. The Morgan fingerprint density at radius 2 is 2.00 bits per heavy atom. The van der Waals surface area contributed by atoms with E-state index in [1.54, 1.807) is 23.8 Å². The molecule has 0 radical (unpaired) electrons. The molecule has 1 aromatic heterocycles. The molecule has 0 spiro atoms. The standard InChI is InChI=1S/C23H25N5O3/c1-14-6-7-16(22(29)27-17-8-9-17)11-19(14)28-13-26-20(21(28)24)23(30)25-12-15-4-3-5-18(10-15)31-2/h3-7,10-11,13,17H,8-9,12,24H2,1-2H3,(H,25,30)(H,27,29). The van der Waals surface area contributed by atoms with E-state index in [-0.39, 0.29) is 29.4 Å². The van der Waals surface area contributed by atoms with Gasteiger partial charge >= 0.3 is 0 Å². The number of anilines is 1. The number of hydrogen-bond donors (Lipinski definition) is 3. The third kappa shape index (κ3) is 4.53. The molecule has 8 heteroatoms. The monoisotopic (exact) mass is 419 g/mol. The Bertz CT molecular complexity index is 1130. The van der Waals surface area contributed by atoms with E-state index < -0.39 is 0 Å². The SMILES string of the molecule is COc1cccc(CNC(=O)c2ncn(-c3cc(C(=O)NC4CC4)ccc3C)c2N)c1. The van der Waals surface area contributed by atoms with E-state index in [1.807, 2.05) is 37.3 Å². The number of nitrogen functional groups attached to an aromatic ring is 1. The maximum atomic E-state index is 12.7. The molecule has 0 unspecified atom stereocenters. The molecule has 1 heterocycles. The van der Waals surface area contributed by atoms with Gasteiger partial charge in [-0.25, -0.2) is 4.98 Å². The van der Waals surface area contributed by atoms with Gasteiger partial charge in [0.15, 0.2) is 5.69 Å². The second kappa shape index (κ2) is 8.51. The Hall–Kier alpha value is -3.81. The van der Waals surface area contributed by atoms with Crippen molar-refractivity contribution >= 4 is 17.6 Å². The quantitative estimate of drug-likeness (QED) is 0.545. The molecule has 31 heavy (non-hydrogen) atoms. The maximum Gasteiger partial charge on any atom is 0.273 e. The van der Waals surface area contributed by atoms with Crippen LogP contribution in [-0.2, 0) is 6.54 Å². The smallest absolute Gasteiger partial charge is 0.273 e. The molecule has 8 nitrogen and oxygen atoms in total. The second-order valence-electron chi connectivity index (χ2n) is 7.63. The number of aryl methyl sites for hydroxylation is 1. The number of ether oxygens (including phenoxy) is 1. The van der Waals surface area contributed by atoms with Gasteiger partial charge in [0.1, 0.15) is 17.9 Å². The van der Waals surface area contributed by atoms with E-state index in [4.69, 9.17) is 10.5 Å². The van der Waals surface area contributed by atoms with Crippen LogP contribution in [0.5, 0.6) is 5.75 Å². The van der Waals surface area contributed by atoms with Gasteiger partial charge in [0.2, 0.25) is 0 Å². The zero-order chi connectivity index (χ0) is 22.0. The lowest BCUT2D eigenvalue weighted by atomic mass is 10.1. The number of nitrogens with two attached hydrogens (primary N) is 1. The van der Waals surface area contributed by atoms with Gasteiger partial charge in [-0.3, -0.25) is 14.2 Å². The number of carbonyl (C=O) groups excluding carboxylic acids is 2. The molecule has 0 bridgehead atoms. The fourth-order valence-corrected chi connectivity index (χ4v) is 3.28. The molecule has 4 rings (SSSR count). The molecule has 2 aromatic carbocycles. The Morgan fingerprint density at radius 1 is 1.19 bits per heavy atom. The number of aromatic nitrogens is 2. The topological polar surface area (TPSA) is 111 Å². The van der Waals surface area contributed by atoms with Gasteiger partial charge in [-0.2, -0.15) is 0 Å². The Balaban J connectivity index is 1.52. The van der Waals surface area contributed by atoms with Crippen molar-refractivity contribution in [2.24, 2.45) is 0 Å². The van der Waals surface area contributed by atoms with E-state index >= 15 is 0 Å². The summed E-state index contributed by atoms with van der Waals surface area (Å²) in [6.45, 7) is 2.23. The van der Waals surface area contributed by atoms with Crippen LogP contribution >= 0.6 is 0 Å². The Kier molecular flexibility index (Phi) is 5.62. The molecule has 1 fully saturated rings. The minimum Gasteiger partial charge on any atom is -0.497 e. The highest BCUT2D eigenvalue weighted by Gasteiger charge is 2.24. The molecule has 0 aliphatic heterocycles. The van der Waals surface area contributed by atoms with Crippen molar-refractivity contribution in [2.45, 2.75) is 32.4 Å². The van der Waals surface area contributed by atoms with Crippen molar-refractivity contribution in [2.75, 3.05) is 12.8 Å². The largest absolute Gasteiger partial charge is 0.497 e. The molecule has 1 aliphatic carbocycles. The van der Waals surface area contributed by atoms with Gasteiger partial charge in [0.05, 0.1) is 12.8 Å². The van der Waals surface area contributed by atoms with Crippen molar-refractivity contribution in [3.05, 3.63) is 71.2 Å². The third-order valence-corrected chi connectivity index (χ3v) is 5.25. The number of nitrogens with zero attached hydrogens (tertiary/aromatic N) is 2. The predicted molar refractivity (Wildman–Crippen MR) is 117 cm³/mol. The van der Waals surface area contributed by atoms with Crippen LogP contribution < -0.4 is 21.1 Å². The number of amides is 2. The molecule has 2 amide bonds. The second-order valence-corrected chi connectivity index (χ2v) is 7.63. The van der Waals surface area contributed by atoms with Gasteiger partial charge < -0.3 is 21.1 Å². The van der Waals surface area contributed by atoms with Gasteiger partial charge in [-0.1, -0.05) is 18.2 Å². The van der Waals surface area contributed by atoms with Gasteiger partial charge in [-0.15, -0.1) is 0 Å². The highest BCUT2D eigenvalue weighted by Crippen LogP contribution is 2.23. The minimum atomic E-state index is -0.376. The first-order valence-electron chi connectivity index (χ1n) is 10.1. The fourth-order valence-electron chi connectivity index (χ4n) is 3.28. The summed E-state index contributed by atoms with van der Waals surface area (Å²) >= 11 is 0. The normalized spacial score (nSPS) is 13.0. The number of methoxy groups -OCH3 is 1. The first kappa shape index (κ1) is 20.5. The van der Waals surface area contributed by atoms with Crippen LogP contribution in [0, 0.1) is 6.92 Å². The van der Waals surface area contributed by atoms with Gasteiger partial charge in [0, 0.05) is 18.2 Å². The van der Waals surface area contributed by atoms with Crippen LogP contribution in [-0.4, -0.2) is 34.5 Å². The Morgan fingerprint density at radius 3 is 2.74 bits per heavy atom. The molecule has 4 N–H and O–H groups in total. The van der Waals surface area contributed by atoms with Crippen LogP contribution in [0.25, 0.3) is 5.69 Å². The van der Waals surface area contributed by atoms with Crippen LogP contribution in [0.4, 0.5) is 5.82 Å². The van der Waals surface area contributed by atoms with Crippen molar-refractivity contribution in [3.63, 3.8) is 0 Å². The average molecular weight is 419 g/mol. The van der Waals surface area contributed by atoms with Crippen molar-refractivity contribution < 1.29 is 14.3 Å². The number of carbonyl (C=O) groups is 2. The molecular weight excluding hydrogens is 394 g/mol. The zero-order valence-electron chi connectivity index (χ0n) is 17.5. The molecular formula is C23H25N5O3. The number of hydrogen-bond acceptors (Lipinski definition) is 5. The van der Waals surface area contributed by atoms with Gasteiger partial charge in [0.25, 0.3) is 11.8 Å². The molecule has 1 aliphatic rings.